The highest BCUT2D eigenvalue weighted by Gasteiger charge is 2.12. The Morgan fingerprint density at radius 2 is 1.85 bits per heavy atom. The van der Waals surface area contributed by atoms with Crippen LogP contribution >= 0.6 is 11.6 Å². The Morgan fingerprint density at radius 1 is 1.15 bits per heavy atom. The van der Waals surface area contributed by atoms with Gasteiger partial charge in [0.2, 0.25) is 0 Å². The van der Waals surface area contributed by atoms with E-state index in [0.717, 1.165) is 23.4 Å². The van der Waals surface area contributed by atoms with E-state index in [9.17, 15) is 4.79 Å². The van der Waals surface area contributed by atoms with Crippen LogP contribution in [0.15, 0.2) is 59.7 Å². The number of carbonyl (C=O) groups is 1. The molecule has 0 aliphatic carbocycles. The molecule has 4 nitrogen and oxygen atoms in total. The molecule has 1 aromatic heterocycles. The number of amides is 1. The lowest BCUT2D eigenvalue weighted by atomic mass is 10.1. The highest BCUT2D eigenvalue weighted by Crippen LogP contribution is 2.23. The molecule has 0 unspecified atom stereocenters. The van der Waals surface area contributed by atoms with Gasteiger partial charge < -0.3 is 4.57 Å². The quantitative estimate of drug-likeness (QED) is 0.488. The first kappa shape index (κ1) is 18.9. The summed E-state index contributed by atoms with van der Waals surface area (Å²) >= 11 is 6.04. The van der Waals surface area contributed by atoms with Crippen molar-refractivity contribution >= 4 is 23.7 Å². The molecule has 0 aliphatic rings. The fourth-order valence-corrected chi connectivity index (χ4v) is 3.40. The molecule has 0 spiro atoms. The van der Waals surface area contributed by atoms with Crippen molar-refractivity contribution in [3.05, 3.63) is 87.7 Å². The van der Waals surface area contributed by atoms with Gasteiger partial charge in [-0.1, -0.05) is 48.9 Å². The maximum absolute atomic E-state index is 12.2. The second kappa shape index (κ2) is 8.23. The van der Waals surface area contributed by atoms with Gasteiger partial charge in [0.25, 0.3) is 5.91 Å². The molecule has 0 saturated carbocycles. The van der Waals surface area contributed by atoms with E-state index in [-0.39, 0.29) is 5.91 Å². The molecule has 1 amide bonds. The Morgan fingerprint density at radius 3 is 2.59 bits per heavy atom. The first-order chi connectivity index (χ1) is 13.0. The number of hydrogen-bond acceptors (Lipinski definition) is 2. The molecule has 1 N–H and O–H groups in total. The minimum absolute atomic E-state index is 0.331. The number of hydrogen-bond donors (Lipinski definition) is 1. The molecular weight excluding hydrogens is 358 g/mol. The fourth-order valence-electron chi connectivity index (χ4n) is 3.18. The second-order valence-corrected chi connectivity index (χ2v) is 6.73. The highest BCUT2D eigenvalue weighted by molar-refractivity contribution is 6.33. The molecule has 1 heterocycles. The molecule has 0 aliphatic heterocycles. The van der Waals surface area contributed by atoms with Crippen LogP contribution in [0, 0.1) is 13.8 Å². The molecule has 0 fully saturated rings. The summed E-state index contributed by atoms with van der Waals surface area (Å²) in [5.41, 5.74) is 8.55. The van der Waals surface area contributed by atoms with Crippen LogP contribution in [0.1, 0.15) is 39.8 Å². The number of benzene rings is 2. The number of carbonyl (C=O) groups excluding carboxylic acids is 1. The molecule has 27 heavy (non-hydrogen) atoms. The van der Waals surface area contributed by atoms with Crippen LogP contribution in [-0.2, 0) is 6.42 Å². The van der Waals surface area contributed by atoms with E-state index in [4.69, 9.17) is 11.6 Å². The summed E-state index contributed by atoms with van der Waals surface area (Å²) in [5.74, 6) is -0.331. The lowest BCUT2D eigenvalue weighted by molar-refractivity contribution is 0.0955. The van der Waals surface area contributed by atoms with Crippen molar-refractivity contribution < 1.29 is 4.79 Å². The topological polar surface area (TPSA) is 46.4 Å². The lowest BCUT2D eigenvalue weighted by Crippen LogP contribution is -2.18. The van der Waals surface area contributed by atoms with E-state index in [1.165, 1.54) is 11.3 Å². The number of hydrazone groups is 1. The van der Waals surface area contributed by atoms with Gasteiger partial charge in [0.1, 0.15) is 0 Å². The van der Waals surface area contributed by atoms with Gasteiger partial charge in [-0.25, -0.2) is 5.43 Å². The van der Waals surface area contributed by atoms with Crippen molar-refractivity contribution in [2.24, 2.45) is 5.10 Å². The third kappa shape index (κ3) is 3.96. The van der Waals surface area contributed by atoms with Crippen LogP contribution in [-0.4, -0.2) is 16.7 Å². The molecule has 138 valence electrons. The first-order valence-corrected chi connectivity index (χ1v) is 9.26. The van der Waals surface area contributed by atoms with Gasteiger partial charge in [-0.05, 0) is 50.1 Å². The van der Waals surface area contributed by atoms with Gasteiger partial charge in [-0.3, -0.25) is 4.79 Å². The zero-order valence-corrected chi connectivity index (χ0v) is 16.4. The molecule has 0 radical (unpaired) electrons. The fraction of sp³-hybridized carbons (Fsp3) is 0.182. The Hall–Kier alpha value is -2.85. The SMILES string of the molecule is CCc1ccccc1-n1c(C)cc(/C=N\NC(=O)c2ccccc2Cl)c1C. The lowest BCUT2D eigenvalue weighted by Gasteiger charge is -2.13. The Labute approximate surface area is 164 Å². The monoisotopic (exact) mass is 379 g/mol. The zero-order chi connectivity index (χ0) is 19.4. The number of nitrogens with one attached hydrogen (secondary N) is 1. The summed E-state index contributed by atoms with van der Waals surface area (Å²) in [5, 5.41) is 4.52. The summed E-state index contributed by atoms with van der Waals surface area (Å²) in [7, 11) is 0. The number of para-hydroxylation sites is 1. The predicted molar refractivity (Wildman–Crippen MR) is 111 cm³/mol. The molecule has 0 atom stereocenters. The van der Waals surface area contributed by atoms with Gasteiger partial charge >= 0.3 is 0 Å². The van der Waals surface area contributed by atoms with E-state index >= 15 is 0 Å². The zero-order valence-electron chi connectivity index (χ0n) is 15.7. The van der Waals surface area contributed by atoms with Crippen LogP contribution in [0.3, 0.4) is 0 Å². The summed E-state index contributed by atoms with van der Waals surface area (Å²) < 4.78 is 2.22. The number of halogens is 1. The van der Waals surface area contributed by atoms with E-state index in [0.29, 0.717) is 10.6 Å². The van der Waals surface area contributed by atoms with Crippen LogP contribution in [0.25, 0.3) is 5.69 Å². The number of aryl methyl sites for hydroxylation is 2. The minimum Gasteiger partial charge on any atom is -0.318 e. The van der Waals surface area contributed by atoms with Crippen molar-refractivity contribution in [3.8, 4) is 5.69 Å². The van der Waals surface area contributed by atoms with Crippen LogP contribution in [0.2, 0.25) is 5.02 Å². The van der Waals surface area contributed by atoms with Crippen molar-refractivity contribution in [3.63, 3.8) is 0 Å². The Balaban J connectivity index is 1.84. The number of rotatable bonds is 5. The van der Waals surface area contributed by atoms with E-state index in [1.807, 2.05) is 6.07 Å². The minimum atomic E-state index is -0.331. The average molecular weight is 380 g/mol. The molecule has 2 aromatic carbocycles. The summed E-state index contributed by atoms with van der Waals surface area (Å²) in [6.07, 6.45) is 2.63. The molecule has 0 saturated heterocycles. The van der Waals surface area contributed by atoms with Gasteiger partial charge in [-0.15, -0.1) is 0 Å². The van der Waals surface area contributed by atoms with Crippen molar-refractivity contribution in [1.29, 1.82) is 0 Å². The van der Waals surface area contributed by atoms with Crippen LogP contribution in [0.4, 0.5) is 0 Å². The van der Waals surface area contributed by atoms with E-state index in [2.05, 4.69) is 60.1 Å². The van der Waals surface area contributed by atoms with Crippen LogP contribution in [0.5, 0.6) is 0 Å². The molecule has 3 rings (SSSR count). The molecule has 5 heteroatoms. The summed E-state index contributed by atoms with van der Waals surface area (Å²) in [4.78, 5) is 12.2. The second-order valence-electron chi connectivity index (χ2n) is 6.32. The van der Waals surface area contributed by atoms with E-state index in [1.54, 1.807) is 30.5 Å². The number of nitrogens with zero attached hydrogens (tertiary/aromatic N) is 2. The third-order valence-electron chi connectivity index (χ3n) is 4.57. The molecular formula is C22H22ClN3O. The maximum Gasteiger partial charge on any atom is 0.272 e. The Kier molecular flexibility index (Phi) is 5.77. The van der Waals surface area contributed by atoms with Gasteiger partial charge in [0.15, 0.2) is 0 Å². The normalized spacial score (nSPS) is 11.1. The molecule has 0 bridgehead atoms. The third-order valence-corrected chi connectivity index (χ3v) is 4.90. The Bertz CT molecular complexity index is 1000. The average Bonchev–Trinajstić information content (AvgIpc) is 2.95. The van der Waals surface area contributed by atoms with Crippen molar-refractivity contribution in [2.75, 3.05) is 0 Å². The van der Waals surface area contributed by atoms with Crippen LogP contribution < -0.4 is 5.43 Å². The van der Waals surface area contributed by atoms with Crippen molar-refractivity contribution in [1.82, 2.24) is 9.99 Å². The number of aromatic nitrogens is 1. The predicted octanol–water partition coefficient (Wildman–Crippen LogP) is 5.07. The summed E-state index contributed by atoms with van der Waals surface area (Å²) in [6, 6.07) is 17.3. The maximum atomic E-state index is 12.2. The highest BCUT2D eigenvalue weighted by atomic mass is 35.5. The smallest absolute Gasteiger partial charge is 0.272 e. The van der Waals surface area contributed by atoms with Gasteiger partial charge in [-0.2, -0.15) is 5.10 Å². The molecule has 3 aromatic rings. The van der Waals surface area contributed by atoms with Crippen molar-refractivity contribution in [2.45, 2.75) is 27.2 Å². The summed E-state index contributed by atoms with van der Waals surface area (Å²) in [6.45, 7) is 6.27. The largest absolute Gasteiger partial charge is 0.318 e. The van der Waals surface area contributed by atoms with Gasteiger partial charge in [0, 0.05) is 22.6 Å². The standard InChI is InChI=1S/C22H22ClN3O/c1-4-17-9-5-8-12-21(17)26-15(2)13-18(16(26)3)14-24-25-22(27)19-10-6-7-11-20(19)23/h5-14H,4H2,1-3H3,(H,25,27)/b24-14-. The first-order valence-electron chi connectivity index (χ1n) is 8.88. The van der Waals surface area contributed by atoms with Gasteiger partial charge in [0.05, 0.1) is 16.8 Å². The van der Waals surface area contributed by atoms with E-state index < -0.39 is 0 Å².